The molecular formula is C28H47NO4. The summed E-state index contributed by atoms with van der Waals surface area (Å²) in [5, 5.41) is 21.9. The zero-order chi connectivity index (χ0) is 24.8. The van der Waals surface area contributed by atoms with Crippen molar-refractivity contribution in [1.82, 2.24) is 0 Å². The lowest BCUT2D eigenvalue weighted by Crippen LogP contribution is -2.37. The zero-order valence-electron chi connectivity index (χ0n) is 22.1. The first-order valence-corrected chi connectivity index (χ1v) is 13.1. The largest absolute Gasteiger partial charge is 0.502 e. The minimum Gasteiger partial charge on any atom is -0.502 e. The highest BCUT2D eigenvalue weighted by Gasteiger charge is 2.38. The topological polar surface area (TPSA) is 72.6 Å². The quantitative estimate of drug-likeness (QED) is 0.236. The average molecular weight is 462 g/mol. The van der Waals surface area contributed by atoms with E-state index in [1.165, 1.54) is 44.9 Å². The first kappa shape index (κ1) is 27.5. The monoisotopic (exact) mass is 461 g/mol. The second kappa shape index (κ2) is 12.1. The first-order valence-electron chi connectivity index (χ1n) is 13.1. The van der Waals surface area contributed by atoms with Gasteiger partial charge in [0.1, 0.15) is 11.4 Å². The number of aromatic hydroxyl groups is 1. The maximum atomic E-state index is 11.6. The van der Waals surface area contributed by atoms with Crippen LogP contribution in [-0.2, 0) is 6.42 Å². The standard InChI is InChI=1S/C28H47NO4/c1-19(2)11-8-12-20(3)13-9-14-21(4)15-10-17-28(7)18-16-24-25(29(31)32)26(30)22(5)23(6)27(24)33-28/h19-21,30H,8-18H2,1-7H3/t20-,21-,28-/m1/s1. The average Bonchev–Trinajstić information content (AvgIpc) is 2.72. The molecule has 1 N–H and O–H groups in total. The van der Waals surface area contributed by atoms with E-state index in [1.54, 1.807) is 6.92 Å². The summed E-state index contributed by atoms with van der Waals surface area (Å²) in [7, 11) is 0. The number of phenols is 1. The number of rotatable bonds is 13. The summed E-state index contributed by atoms with van der Waals surface area (Å²) in [5.74, 6) is 2.77. The van der Waals surface area contributed by atoms with Crippen molar-refractivity contribution in [3.63, 3.8) is 0 Å². The van der Waals surface area contributed by atoms with Crippen LogP contribution in [0.15, 0.2) is 0 Å². The van der Waals surface area contributed by atoms with E-state index in [2.05, 4.69) is 34.6 Å². The van der Waals surface area contributed by atoms with Gasteiger partial charge >= 0.3 is 5.69 Å². The molecule has 0 aliphatic carbocycles. The minimum atomic E-state index is -0.473. The van der Waals surface area contributed by atoms with Crippen molar-refractivity contribution in [2.75, 3.05) is 0 Å². The predicted octanol–water partition coefficient (Wildman–Crippen LogP) is 8.44. The highest BCUT2D eigenvalue weighted by Crippen LogP contribution is 2.48. The predicted molar refractivity (Wildman–Crippen MR) is 136 cm³/mol. The summed E-state index contributed by atoms with van der Waals surface area (Å²) in [6.45, 7) is 15.1. The van der Waals surface area contributed by atoms with Crippen LogP contribution in [0.2, 0.25) is 0 Å². The summed E-state index contributed by atoms with van der Waals surface area (Å²) >= 11 is 0. The van der Waals surface area contributed by atoms with Gasteiger partial charge in [0.15, 0.2) is 5.75 Å². The van der Waals surface area contributed by atoms with E-state index in [1.807, 2.05) is 6.92 Å². The molecule has 1 aromatic rings. The second-order valence-corrected chi connectivity index (χ2v) is 11.4. The van der Waals surface area contributed by atoms with Crippen LogP contribution in [0.25, 0.3) is 0 Å². The van der Waals surface area contributed by atoms with Crippen molar-refractivity contribution in [2.45, 2.75) is 125 Å². The van der Waals surface area contributed by atoms with Crippen molar-refractivity contribution in [3.8, 4) is 11.5 Å². The molecule has 0 bridgehead atoms. The molecule has 0 unspecified atom stereocenters. The van der Waals surface area contributed by atoms with Crippen molar-refractivity contribution in [2.24, 2.45) is 17.8 Å². The fourth-order valence-corrected chi connectivity index (χ4v) is 5.23. The molecule has 1 aliphatic rings. The minimum absolute atomic E-state index is 0.179. The van der Waals surface area contributed by atoms with E-state index in [-0.39, 0.29) is 17.0 Å². The van der Waals surface area contributed by atoms with Crippen LogP contribution < -0.4 is 4.74 Å². The summed E-state index contributed by atoms with van der Waals surface area (Å²) in [5.41, 5.74) is 1.42. The number of nitro groups is 1. The van der Waals surface area contributed by atoms with Gasteiger partial charge in [-0.05, 0) is 69.8 Å². The summed E-state index contributed by atoms with van der Waals surface area (Å²) in [6, 6.07) is 0. The molecule has 1 heterocycles. The van der Waals surface area contributed by atoms with Gasteiger partial charge in [0.2, 0.25) is 0 Å². The Kier molecular flexibility index (Phi) is 10.1. The maximum Gasteiger partial charge on any atom is 0.317 e. The number of nitro benzene ring substituents is 1. The molecule has 0 amide bonds. The Morgan fingerprint density at radius 3 is 2.06 bits per heavy atom. The molecule has 0 radical (unpaired) electrons. The number of hydrogen-bond acceptors (Lipinski definition) is 4. The smallest absolute Gasteiger partial charge is 0.317 e. The number of fused-ring (bicyclic) bond motifs is 1. The highest BCUT2D eigenvalue weighted by atomic mass is 16.6. The number of phenolic OH excluding ortho intramolecular Hbond substituents is 1. The van der Waals surface area contributed by atoms with E-state index < -0.39 is 4.92 Å². The molecule has 5 heteroatoms. The van der Waals surface area contributed by atoms with Gasteiger partial charge in [0.05, 0.1) is 10.5 Å². The molecule has 1 aliphatic heterocycles. The van der Waals surface area contributed by atoms with Crippen LogP contribution in [0.4, 0.5) is 5.69 Å². The summed E-state index contributed by atoms with van der Waals surface area (Å²) < 4.78 is 6.41. The van der Waals surface area contributed by atoms with Crippen LogP contribution in [-0.4, -0.2) is 15.6 Å². The van der Waals surface area contributed by atoms with Gasteiger partial charge < -0.3 is 9.84 Å². The first-order chi connectivity index (χ1) is 15.4. The van der Waals surface area contributed by atoms with Crippen LogP contribution in [0, 0.1) is 41.7 Å². The van der Waals surface area contributed by atoms with Crippen molar-refractivity contribution >= 4 is 5.69 Å². The lowest BCUT2D eigenvalue weighted by molar-refractivity contribution is -0.386. The Bertz CT molecular complexity index is 804. The highest BCUT2D eigenvalue weighted by molar-refractivity contribution is 5.66. The Morgan fingerprint density at radius 1 is 0.970 bits per heavy atom. The maximum absolute atomic E-state index is 11.6. The second-order valence-electron chi connectivity index (χ2n) is 11.4. The third-order valence-electron chi connectivity index (χ3n) is 7.75. The number of benzene rings is 1. The van der Waals surface area contributed by atoms with E-state index in [9.17, 15) is 15.2 Å². The zero-order valence-corrected chi connectivity index (χ0v) is 22.1. The third-order valence-corrected chi connectivity index (χ3v) is 7.75. The Balaban J connectivity index is 1.82. The Hall–Kier alpha value is -1.78. The molecule has 0 fully saturated rings. The molecule has 3 atom stereocenters. The van der Waals surface area contributed by atoms with E-state index in [4.69, 9.17) is 4.74 Å². The normalized spacial score (nSPS) is 19.8. The van der Waals surface area contributed by atoms with Gasteiger partial charge in [-0.3, -0.25) is 10.1 Å². The van der Waals surface area contributed by atoms with Gasteiger partial charge in [-0.2, -0.15) is 0 Å². The van der Waals surface area contributed by atoms with Gasteiger partial charge in [-0.25, -0.2) is 0 Å². The SMILES string of the molecule is Cc1c(C)c2c(c([N+](=O)[O-])c1O)CC[C@@](C)(CCC[C@H](C)CCC[C@H](C)CCCC(C)C)O2. The fourth-order valence-electron chi connectivity index (χ4n) is 5.23. The van der Waals surface area contributed by atoms with Gasteiger partial charge in [-0.15, -0.1) is 0 Å². The number of hydrogen-bond donors (Lipinski definition) is 1. The number of ether oxygens (including phenoxy) is 1. The van der Waals surface area contributed by atoms with E-state index >= 15 is 0 Å². The van der Waals surface area contributed by atoms with Crippen LogP contribution >= 0.6 is 0 Å². The molecule has 5 nitrogen and oxygen atoms in total. The molecule has 1 aromatic carbocycles. The molecule has 0 spiro atoms. The van der Waals surface area contributed by atoms with Crippen molar-refractivity contribution < 1.29 is 14.8 Å². The third kappa shape index (κ3) is 7.61. The van der Waals surface area contributed by atoms with E-state index in [0.717, 1.165) is 36.7 Å². The summed E-state index contributed by atoms with van der Waals surface area (Å²) in [4.78, 5) is 11.1. The Morgan fingerprint density at radius 2 is 1.52 bits per heavy atom. The van der Waals surface area contributed by atoms with E-state index in [0.29, 0.717) is 29.2 Å². The van der Waals surface area contributed by atoms with Crippen molar-refractivity contribution in [3.05, 3.63) is 26.8 Å². The molecule has 0 saturated heterocycles. The lowest BCUT2D eigenvalue weighted by atomic mass is 9.84. The number of nitrogens with zero attached hydrogens (tertiary/aromatic N) is 1. The van der Waals surface area contributed by atoms with Gasteiger partial charge in [0, 0.05) is 5.56 Å². The van der Waals surface area contributed by atoms with Crippen molar-refractivity contribution in [1.29, 1.82) is 0 Å². The van der Waals surface area contributed by atoms with Gasteiger partial charge in [0.25, 0.3) is 0 Å². The molecule has 2 rings (SSSR count). The van der Waals surface area contributed by atoms with Crippen LogP contribution in [0.5, 0.6) is 11.5 Å². The molecular weight excluding hydrogens is 414 g/mol. The lowest BCUT2D eigenvalue weighted by Gasteiger charge is -2.37. The molecule has 188 valence electrons. The Labute approximate surface area is 201 Å². The van der Waals surface area contributed by atoms with Gasteiger partial charge in [-0.1, -0.05) is 72.6 Å². The van der Waals surface area contributed by atoms with Crippen LogP contribution in [0.1, 0.15) is 116 Å². The summed E-state index contributed by atoms with van der Waals surface area (Å²) in [6.07, 6.45) is 12.6. The molecule has 0 saturated carbocycles. The fraction of sp³-hybridized carbons (Fsp3) is 0.786. The van der Waals surface area contributed by atoms with Crippen LogP contribution in [0.3, 0.4) is 0 Å². The molecule has 0 aromatic heterocycles. The molecule has 33 heavy (non-hydrogen) atoms.